The number of nitro benzene ring substituents is 1. The van der Waals surface area contributed by atoms with Crippen molar-refractivity contribution in [1.29, 1.82) is 0 Å². The number of Topliss-reactive ketones (excluding diaryl/α,β-unsaturated/α-hetero) is 1. The third-order valence-electron chi connectivity index (χ3n) is 6.80. The summed E-state index contributed by atoms with van der Waals surface area (Å²) in [7, 11) is 0. The Labute approximate surface area is 233 Å². The van der Waals surface area contributed by atoms with Gasteiger partial charge in [-0.15, -0.1) is 0 Å². The maximum Gasteiger partial charge on any atom is 0.273 e. The number of benzene rings is 3. The number of halogens is 1. The van der Waals surface area contributed by atoms with E-state index in [1.54, 1.807) is 0 Å². The number of hydrogen-bond acceptors (Lipinski definition) is 7. The zero-order valence-electron chi connectivity index (χ0n) is 20.9. The summed E-state index contributed by atoms with van der Waals surface area (Å²) in [5, 5.41) is 13.0. The minimum Gasteiger partial charge on any atom is -0.457 e. The smallest absolute Gasteiger partial charge is 0.273 e. The molecule has 40 heavy (non-hydrogen) atoms. The number of hydrazine groups is 1. The van der Waals surface area contributed by atoms with Crippen molar-refractivity contribution in [3.8, 4) is 11.5 Å². The van der Waals surface area contributed by atoms with Crippen molar-refractivity contribution in [2.75, 3.05) is 6.54 Å². The van der Waals surface area contributed by atoms with E-state index in [1.165, 1.54) is 72.8 Å². The second-order valence-corrected chi connectivity index (χ2v) is 9.75. The van der Waals surface area contributed by atoms with Gasteiger partial charge in [-0.1, -0.05) is 23.8 Å². The Kier molecular flexibility index (Phi) is 7.43. The fourth-order valence-corrected chi connectivity index (χ4v) is 4.83. The molecule has 0 radical (unpaired) electrons. The van der Waals surface area contributed by atoms with Gasteiger partial charge in [-0.3, -0.25) is 29.3 Å². The summed E-state index contributed by atoms with van der Waals surface area (Å²) in [5.74, 6) is -2.63. The second-order valence-electron chi connectivity index (χ2n) is 9.31. The molecule has 202 valence electrons. The van der Waals surface area contributed by atoms with Crippen LogP contribution >= 0.6 is 11.6 Å². The summed E-state index contributed by atoms with van der Waals surface area (Å²) in [6.45, 7) is -0.547. The lowest BCUT2D eigenvalue weighted by Crippen LogP contribution is -2.52. The molecule has 1 heterocycles. The van der Waals surface area contributed by atoms with Crippen LogP contribution in [0.2, 0.25) is 5.02 Å². The Bertz CT molecular complexity index is 1490. The monoisotopic (exact) mass is 559 g/mol. The van der Waals surface area contributed by atoms with E-state index in [0.29, 0.717) is 29.4 Å². The molecule has 5 rings (SSSR count). The first kappa shape index (κ1) is 26.8. The lowest BCUT2D eigenvalue weighted by atomic mass is 9.85. The van der Waals surface area contributed by atoms with Crippen molar-refractivity contribution in [3.05, 3.63) is 111 Å². The molecule has 0 unspecified atom stereocenters. The van der Waals surface area contributed by atoms with Gasteiger partial charge in [0.2, 0.25) is 0 Å². The summed E-state index contributed by atoms with van der Waals surface area (Å²) >= 11 is 5.96. The van der Waals surface area contributed by atoms with Crippen molar-refractivity contribution < 1.29 is 28.8 Å². The van der Waals surface area contributed by atoms with E-state index >= 15 is 0 Å². The molecule has 10 nitrogen and oxygen atoms in total. The third-order valence-corrected chi connectivity index (χ3v) is 7.06. The van der Waals surface area contributed by atoms with Gasteiger partial charge in [-0.25, -0.2) is 5.01 Å². The molecule has 0 N–H and O–H groups in total. The van der Waals surface area contributed by atoms with Crippen LogP contribution in [0.25, 0.3) is 0 Å². The van der Waals surface area contributed by atoms with Crippen LogP contribution in [0.15, 0.2) is 84.9 Å². The summed E-state index contributed by atoms with van der Waals surface area (Å²) in [5.41, 5.74) is 0.317. The molecule has 2 aliphatic rings. The van der Waals surface area contributed by atoms with Crippen molar-refractivity contribution in [1.82, 2.24) is 10.0 Å². The molecular formula is C29H22ClN3O7. The fourth-order valence-electron chi connectivity index (χ4n) is 4.70. The quantitative estimate of drug-likeness (QED) is 0.121. The standard InChI is InChI=1S/C29H22ClN3O7/c30-20-9-5-19(6-10-20)27(35)31(32-28(36)24-3-1-2-4-25(24)29(32)37)17-26(34)18-7-13-22(14-8-18)40-23-15-11-21(12-16-23)33(38)39/h1-2,5-16,24-25H,3-4,17H2/t24-,25-/m0/s1. The Morgan fingerprint density at radius 3 is 1.88 bits per heavy atom. The largest absolute Gasteiger partial charge is 0.457 e. The molecule has 0 bridgehead atoms. The number of carbonyl (C=O) groups is 4. The molecule has 3 aromatic rings. The average molecular weight is 560 g/mol. The second kappa shape index (κ2) is 11.1. The van der Waals surface area contributed by atoms with Crippen molar-refractivity contribution >= 4 is 40.8 Å². The fraction of sp³-hybridized carbons (Fsp3) is 0.172. The number of nitro groups is 1. The lowest BCUT2D eigenvalue weighted by Gasteiger charge is -2.30. The first-order valence-corrected chi connectivity index (χ1v) is 12.8. The van der Waals surface area contributed by atoms with Crippen LogP contribution in [-0.2, 0) is 9.59 Å². The highest BCUT2D eigenvalue weighted by molar-refractivity contribution is 6.30. The molecule has 3 amide bonds. The van der Waals surface area contributed by atoms with E-state index in [9.17, 15) is 29.3 Å². The Morgan fingerprint density at radius 2 is 1.35 bits per heavy atom. The third kappa shape index (κ3) is 5.34. The van der Waals surface area contributed by atoms with Gasteiger partial charge < -0.3 is 4.74 Å². The molecular weight excluding hydrogens is 538 g/mol. The van der Waals surface area contributed by atoms with E-state index in [-0.39, 0.29) is 16.8 Å². The Balaban J connectivity index is 1.36. The van der Waals surface area contributed by atoms with Gasteiger partial charge in [0.05, 0.1) is 16.8 Å². The average Bonchev–Trinajstić information content (AvgIpc) is 3.22. The summed E-state index contributed by atoms with van der Waals surface area (Å²) in [4.78, 5) is 63.7. The molecule has 0 aromatic heterocycles. The Morgan fingerprint density at radius 1 is 0.850 bits per heavy atom. The van der Waals surface area contributed by atoms with Crippen LogP contribution in [0.3, 0.4) is 0 Å². The number of hydrogen-bond donors (Lipinski definition) is 0. The van der Waals surface area contributed by atoms with Crippen LogP contribution in [0.4, 0.5) is 5.69 Å². The number of fused-ring (bicyclic) bond motifs is 1. The van der Waals surface area contributed by atoms with Crippen LogP contribution < -0.4 is 4.74 Å². The van der Waals surface area contributed by atoms with Crippen molar-refractivity contribution in [2.45, 2.75) is 12.8 Å². The molecule has 1 aliphatic carbocycles. The van der Waals surface area contributed by atoms with E-state index in [0.717, 1.165) is 10.0 Å². The van der Waals surface area contributed by atoms with Gasteiger partial charge in [0.1, 0.15) is 18.0 Å². The van der Waals surface area contributed by atoms with Gasteiger partial charge in [-0.05, 0) is 73.5 Å². The van der Waals surface area contributed by atoms with E-state index in [2.05, 4.69) is 0 Å². The zero-order valence-corrected chi connectivity index (χ0v) is 21.7. The summed E-state index contributed by atoms with van der Waals surface area (Å²) < 4.78 is 5.69. The number of ether oxygens (including phenoxy) is 1. The van der Waals surface area contributed by atoms with Crippen molar-refractivity contribution in [3.63, 3.8) is 0 Å². The number of imide groups is 1. The highest BCUT2D eigenvalue weighted by atomic mass is 35.5. The van der Waals surface area contributed by atoms with Gasteiger partial charge >= 0.3 is 0 Å². The van der Waals surface area contributed by atoms with E-state index < -0.39 is 46.8 Å². The topological polar surface area (TPSA) is 127 Å². The highest BCUT2D eigenvalue weighted by Crippen LogP contribution is 2.36. The molecule has 3 aromatic carbocycles. The molecule has 1 aliphatic heterocycles. The van der Waals surface area contributed by atoms with E-state index in [1.807, 2.05) is 12.2 Å². The highest BCUT2D eigenvalue weighted by Gasteiger charge is 2.51. The number of amides is 3. The van der Waals surface area contributed by atoms with Crippen LogP contribution in [0.5, 0.6) is 11.5 Å². The number of nitrogens with zero attached hydrogens (tertiary/aromatic N) is 3. The maximum absolute atomic E-state index is 13.5. The van der Waals surface area contributed by atoms with E-state index in [4.69, 9.17) is 16.3 Å². The number of rotatable bonds is 8. The normalized spacial score (nSPS) is 17.9. The van der Waals surface area contributed by atoms with Crippen molar-refractivity contribution in [2.24, 2.45) is 11.8 Å². The van der Waals surface area contributed by atoms with Gasteiger partial charge in [0, 0.05) is 28.3 Å². The predicted octanol–water partition coefficient (Wildman–Crippen LogP) is 5.23. The molecule has 1 fully saturated rings. The first-order chi connectivity index (χ1) is 19.2. The van der Waals surface area contributed by atoms with Crippen LogP contribution in [0.1, 0.15) is 33.6 Å². The summed E-state index contributed by atoms with van der Waals surface area (Å²) in [6.07, 6.45) is 4.46. The number of ketones is 1. The van der Waals surface area contributed by atoms with Gasteiger partial charge in [0.25, 0.3) is 23.4 Å². The molecule has 2 atom stereocenters. The molecule has 11 heteroatoms. The zero-order chi connectivity index (χ0) is 28.4. The molecule has 0 spiro atoms. The first-order valence-electron chi connectivity index (χ1n) is 12.4. The van der Waals surface area contributed by atoms with Gasteiger partial charge in [0.15, 0.2) is 5.78 Å². The van der Waals surface area contributed by atoms with Gasteiger partial charge in [-0.2, -0.15) is 5.01 Å². The minimum atomic E-state index is -0.684. The SMILES string of the molecule is O=C(CN(C(=O)c1ccc(Cl)cc1)N1C(=O)[C@H]2CC=CC[C@@H]2C1=O)c1ccc(Oc2ccc([N+](=O)[O-])cc2)cc1. The lowest BCUT2D eigenvalue weighted by molar-refractivity contribution is -0.384. The molecule has 1 saturated heterocycles. The minimum absolute atomic E-state index is 0.0727. The molecule has 0 saturated carbocycles. The predicted molar refractivity (Wildman–Crippen MR) is 144 cm³/mol. The van der Waals surface area contributed by atoms with Crippen LogP contribution in [-0.4, -0.2) is 45.0 Å². The van der Waals surface area contributed by atoms with Crippen LogP contribution in [0, 0.1) is 22.0 Å². The number of non-ortho nitro benzene ring substituents is 1. The Hall–Kier alpha value is -4.83. The maximum atomic E-state index is 13.5. The summed E-state index contributed by atoms with van der Waals surface area (Å²) in [6, 6.07) is 17.5. The number of carbonyl (C=O) groups excluding carboxylic acids is 4. The number of allylic oxidation sites excluding steroid dienone is 2.